The molecule has 1 aliphatic heterocycles. The predicted octanol–water partition coefficient (Wildman–Crippen LogP) is 6.59. The summed E-state index contributed by atoms with van der Waals surface area (Å²) in [5.74, 6) is 0.893. The van der Waals surface area contributed by atoms with E-state index in [9.17, 15) is 9.90 Å². The van der Waals surface area contributed by atoms with E-state index in [1.807, 2.05) is 32.9 Å². The zero-order valence-corrected chi connectivity index (χ0v) is 29.0. The molecule has 2 N–H and O–H groups in total. The Morgan fingerprint density at radius 3 is 2.27 bits per heavy atom. The lowest BCUT2D eigenvalue weighted by molar-refractivity contribution is 0.145. The monoisotopic (exact) mass is 672 g/mol. The Kier molecular flexibility index (Phi) is 11.5. The van der Waals surface area contributed by atoms with Gasteiger partial charge in [0.05, 0.1) is 26.9 Å². The SMILES string of the molecule is COc1cc(OC)cc(C(c2c(C)cc(C)cc2C)N(C(=O)O)c2ccnc(Nc3ccc(OCCCN4CCN(C)CC4)c(F)c3)n2)c1. The minimum atomic E-state index is -1.23. The third-order valence-corrected chi connectivity index (χ3v) is 8.71. The summed E-state index contributed by atoms with van der Waals surface area (Å²) in [6, 6.07) is 14.6. The van der Waals surface area contributed by atoms with Crippen LogP contribution in [0.2, 0.25) is 0 Å². The van der Waals surface area contributed by atoms with E-state index < -0.39 is 18.0 Å². The van der Waals surface area contributed by atoms with Gasteiger partial charge in [-0.1, -0.05) is 17.7 Å². The maximum atomic E-state index is 15.1. The number of nitrogens with one attached hydrogen (secondary N) is 1. The van der Waals surface area contributed by atoms with Gasteiger partial charge >= 0.3 is 6.09 Å². The van der Waals surface area contributed by atoms with Crippen molar-refractivity contribution in [2.45, 2.75) is 33.2 Å². The zero-order chi connectivity index (χ0) is 35.1. The lowest BCUT2D eigenvalue weighted by atomic mass is 9.88. The molecule has 49 heavy (non-hydrogen) atoms. The molecule has 0 bridgehead atoms. The van der Waals surface area contributed by atoms with E-state index in [1.54, 1.807) is 44.6 Å². The van der Waals surface area contributed by atoms with Gasteiger partial charge < -0.3 is 34.4 Å². The van der Waals surface area contributed by atoms with E-state index in [4.69, 9.17) is 14.2 Å². The average Bonchev–Trinajstić information content (AvgIpc) is 3.07. The molecule has 1 fully saturated rings. The van der Waals surface area contributed by atoms with E-state index in [0.29, 0.717) is 29.4 Å². The highest BCUT2D eigenvalue weighted by atomic mass is 19.1. The smallest absolute Gasteiger partial charge is 0.413 e. The van der Waals surface area contributed by atoms with Crippen molar-refractivity contribution in [1.29, 1.82) is 0 Å². The Hall–Kier alpha value is -4.94. The molecule has 0 radical (unpaired) electrons. The number of nitrogens with zero attached hydrogens (tertiary/aromatic N) is 5. The minimum Gasteiger partial charge on any atom is -0.497 e. The van der Waals surface area contributed by atoms with Crippen LogP contribution in [-0.2, 0) is 0 Å². The maximum Gasteiger partial charge on any atom is 0.413 e. The van der Waals surface area contributed by atoms with Gasteiger partial charge in [0.2, 0.25) is 5.95 Å². The standard InChI is InChI=1S/C37H45FN6O5/c1-24-18-25(2)34(26(3)19-24)35(27-20-29(47-5)23-30(21-27)48-6)44(37(45)46)33-10-11-39-36(41-33)40-28-8-9-32(31(38)22-28)49-17-7-12-43-15-13-42(4)14-16-43/h8-11,18-23,35H,7,12-17H2,1-6H3,(H,45,46)(H,39,40,41). The topological polar surface area (TPSA) is 113 Å². The van der Waals surface area contributed by atoms with Gasteiger partial charge in [-0.05, 0) is 86.8 Å². The summed E-state index contributed by atoms with van der Waals surface area (Å²) >= 11 is 0. The van der Waals surface area contributed by atoms with E-state index in [2.05, 4.69) is 32.1 Å². The Morgan fingerprint density at radius 2 is 1.65 bits per heavy atom. The fourth-order valence-corrected chi connectivity index (χ4v) is 6.31. The summed E-state index contributed by atoms with van der Waals surface area (Å²) < 4.78 is 31.9. The van der Waals surface area contributed by atoms with Crippen LogP contribution in [0.25, 0.3) is 0 Å². The molecular formula is C37H45FN6O5. The van der Waals surface area contributed by atoms with Crippen LogP contribution in [0, 0.1) is 26.6 Å². The van der Waals surface area contributed by atoms with Crippen LogP contribution >= 0.6 is 0 Å². The number of hydrogen-bond donors (Lipinski definition) is 2. The number of amides is 1. The number of anilines is 3. The number of aryl methyl sites for hydroxylation is 3. The van der Waals surface area contributed by atoms with Gasteiger partial charge in [0, 0.05) is 56.7 Å². The van der Waals surface area contributed by atoms with Crippen LogP contribution in [0.5, 0.6) is 17.2 Å². The number of likely N-dealkylation sites (N-methyl/N-ethyl adjacent to an activating group) is 1. The Labute approximate surface area is 287 Å². The second kappa shape index (κ2) is 16.0. The summed E-state index contributed by atoms with van der Waals surface area (Å²) in [6.45, 7) is 11.4. The number of aromatic nitrogens is 2. The molecule has 5 rings (SSSR count). The third-order valence-electron chi connectivity index (χ3n) is 8.71. The van der Waals surface area contributed by atoms with E-state index >= 15 is 4.39 Å². The van der Waals surface area contributed by atoms with Gasteiger partial charge in [-0.25, -0.2) is 19.1 Å². The normalized spacial score (nSPS) is 14.3. The van der Waals surface area contributed by atoms with Crippen LogP contribution in [0.3, 0.4) is 0 Å². The highest BCUT2D eigenvalue weighted by Crippen LogP contribution is 2.39. The number of piperazine rings is 1. The summed E-state index contributed by atoms with van der Waals surface area (Å²) in [4.78, 5) is 28.0. The molecule has 1 saturated heterocycles. The van der Waals surface area contributed by atoms with Crippen molar-refractivity contribution in [3.05, 3.63) is 94.4 Å². The molecule has 1 aromatic heterocycles. The molecule has 2 heterocycles. The average molecular weight is 673 g/mol. The van der Waals surface area contributed by atoms with E-state index in [0.717, 1.165) is 61.4 Å². The number of hydrogen-bond acceptors (Lipinski definition) is 9. The second-order valence-corrected chi connectivity index (χ2v) is 12.4. The first-order valence-corrected chi connectivity index (χ1v) is 16.3. The van der Waals surface area contributed by atoms with Crippen molar-refractivity contribution in [2.75, 3.05) is 70.8 Å². The number of rotatable bonds is 13. The lowest BCUT2D eigenvalue weighted by Gasteiger charge is -2.32. The van der Waals surface area contributed by atoms with Crippen LogP contribution in [0.15, 0.2) is 60.8 Å². The van der Waals surface area contributed by atoms with Gasteiger partial charge in [-0.3, -0.25) is 0 Å². The van der Waals surface area contributed by atoms with Gasteiger partial charge in [0.1, 0.15) is 17.3 Å². The third kappa shape index (κ3) is 8.76. The lowest BCUT2D eigenvalue weighted by Crippen LogP contribution is -2.44. The Balaban J connectivity index is 1.39. The van der Waals surface area contributed by atoms with Gasteiger partial charge in [-0.2, -0.15) is 4.98 Å². The Bertz CT molecular complexity index is 1720. The summed E-state index contributed by atoms with van der Waals surface area (Å²) in [5.41, 5.74) is 4.71. The fraction of sp³-hybridized carbons (Fsp3) is 0.378. The number of methoxy groups -OCH3 is 2. The molecule has 0 aliphatic carbocycles. The summed E-state index contributed by atoms with van der Waals surface area (Å²) in [7, 11) is 5.22. The number of carboxylic acid groups (broad SMARTS) is 1. The molecule has 1 aliphatic rings. The van der Waals surface area contributed by atoms with E-state index in [-0.39, 0.29) is 17.5 Å². The second-order valence-electron chi connectivity index (χ2n) is 12.4. The first-order chi connectivity index (χ1) is 23.6. The van der Waals surface area contributed by atoms with Gasteiger partial charge in [0.25, 0.3) is 0 Å². The first kappa shape index (κ1) is 35.4. The molecule has 0 spiro atoms. The van der Waals surface area contributed by atoms with Gasteiger partial charge in [0.15, 0.2) is 11.6 Å². The fourth-order valence-electron chi connectivity index (χ4n) is 6.31. The van der Waals surface area contributed by atoms with Crippen molar-refractivity contribution in [3.63, 3.8) is 0 Å². The molecular weight excluding hydrogens is 627 g/mol. The van der Waals surface area contributed by atoms with Crippen molar-refractivity contribution < 1.29 is 28.5 Å². The molecule has 4 aromatic rings. The van der Waals surface area contributed by atoms with Crippen LogP contribution < -0.4 is 24.4 Å². The zero-order valence-electron chi connectivity index (χ0n) is 29.0. The van der Waals surface area contributed by atoms with Crippen molar-refractivity contribution in [3.8, 4) is 17.2 Å². The molecule has 12 heteroatoms. The van der Waals surface area contributed by atoms with Gasteiger partial charge in [-0.15, -0.1) is 0 Å². The molecule has 1 unspecified atom stereocenters. The minimum absolute atomic E-state index is 0.100. The predicted molar refractivity (Wildman–Crippen MR) is 188 cm³/mol. The largest absolute Gasteiger partial charge is 0.497 e. The Morgan fingerprint density at radius 1 is 0.980 bits per heavy atom. The number of halogens is 1. The number of benzene rings is 3. The molecule has 3 aromatic carbocycles. The molecule has 260 valence electrons. The summed E-state index contributed by atoms with van der Waals surface area (Å²) in [6.07, 6.45) is 1.04. The molecule has 1 atom stereocenters. The number of ether oxygens (including phenoxy) is 3. The van der Waals surface area contributed by atoms with Crippen molar-refractivity contribution in [1.82, 2.24) is 19.8 Å². The van der Waals surface area contributed by atoms with Crippen molar-refractivity contribution in [2.24, 2.45) is 0 Å². The van der Waals surface area contributed by atoms with Crippen LogP contribution in [0.1, 0.15) is 40.3 Å². The summed E-state index contributed by atoms with van der Waals surface area (Å²) in [5, 5.41) is 13.8. The highest BCUT2D eigenvalue weighted by Gasteiger charge is 2.33. The molecule has 11 nitrogen and oxygen atoms in total. The quantitative estimate of drug-likeness (QED) is 0.151. The van der Waals surface area contributed by atoms with Crippen LogP contribution in [-0.4, -0.2) is 91.6 Å². The highest BCUT2D eigenvalue weighted by molar-refractivity contribution is 5.87. The van der Waals surface area contributed by atoms with Crippen LogP contribution in [0.4, 0.5) is 26.6 Å². The molecule has 1 amide bonds. The number of carbonyl (C=O) groups is 1. The maximum absolute atomic E-state index is 15.1. The van der Waals surface area contributed by atoms with E-state index in [1.165, 1.54) is 23.2 Å². The van der Waals surface area contributed by atoms with Crippen molar-refractivity contribution >= 4 is 23.5 Å². The first-order valence-electron chi connectivity index (χ1n) is 16.3. The molecule has 0 saturated carbocycles.